The van der Waals surface area contributed by atoms with Crippen molar-refractivity contribution in [2.75, 3.05) is 0 Å². The summed E-state index contributed by atoms with van der Waals surface area (Å²) in [5.41, 5.74) is 0.283. The van der Waals surface area contributed by atoms with Crippen LogP contribution in [0.25, 0.3) is 0 Å². The van der Waals surface area contributed by atoms with E-state index in [0.717, 1.165) is 0 Å². The maximum Gasteiger partial charge on any atom is 0.301 e. The SMILES string of the molecule is CC(C)(C)NC(=O)C(=O)C#Cc1ccccc1. The van der Waals surface area contributed by atoms with Crippen molar-refractivity contribution < 1.29 is 9.59 Å². The third-order valence-electron chi connectivity index (χ3n) is 1.79. The van der Waals surface area contributed by atoms with Gasteiger partial charge in [-0.15, -0.1) is 0 Å². The molecule has 0 aliphatic carbocycles. The topological polar surface area (TPSA) is 46.2 Å². The summed E-state index contributed by atoms with van der Waals surface area (Å²) in [5.74, 6) is 3.59. The van der Waals surface area contributed by atoms with Crippen LogP contribution >= 0.6 is 0 Å². The van der Waals surface area contributed by atoms with Crippen LogP contribution in [0.4, 0.5) is 0 Å². The third-order valence-corrected chi connectivity index (χ3v) is 1.79. The van der Waals surface area contributed by atoms with E-state index < -0.39 is 17.2 Å². The van der Waals surface area contributed by atoms with Crippen LogP contribution in [-0.4, -0.2) is 17.2 Å². The fourth-order valence-corrected chi connectivity index (χ4v) is 1.10. The van der Waals surface area contributed by atoms with Crippen LogP contribution < -0.4 is 5.32 Å². The Morgan fingerprint density at radius 2 is 1.71 bits per heavy atom. The molecule has 1 N–H and O–H groups in total. The van der Waals surface area contributed by atoms with Crippen molar-refractivity contribution in [3.63, 3.8) is 0 Å². The number of nitrogens with one attached hydrogen (secondary N) is 1. The highest BCUT2D eigenvalue weighted by Crippen LogP contribution is 1.98. The molecule has 0 aliphatic rings. The number of rotatable bonds is 1. The molecule has 0 saturated heterocycles. The number of ketones is 1. The first-order chi connectivity index (χ1) is 7.88. The van der Waals surface area contributed by atoms with Gasteiger partial charge in [0.25, 0.3) is 5.78 Å². The lowest BCUT2D eigenvalue weighted by Gasteiger charge is -2.18. The lowest BCUT2D eigenvalue weighted by Crippen LogP contribution is -2.43. The van der Waals surface area contributed by atoms with Gasteiger partial charge in [0.05, 0.1) is 0 Å². The maximum absolute atomic E-state index is 11.4. The van der Waals surface area contributed by atoms with Gasteiger partial charge >= 0.3 is 5.91 Å². The van der Waals surface area contributed by atoms with Gasteiger partial charge in [0, 0.05) is 11.1 Å². The van der Waals surface area contributed by atoms with Gasteiger partial charge in [-0.3, -0.25) is 9.59 Å². The first-order valence-electron chi connectivity index (χ1n) is 5.32. The van der Waals surface area contributed by atoms with Gasteiger partial charge < -0.3 is 5.32 Å². The lowest BCUT2D eigenvalue weighted by atomic mass is 10.1. The zero-order valence-electron chi connectivity index (χ0n) is 10.2. The molecule has 0 radical (unpaired) electrons. The Bertz CT molecular complexity index is 472. The number of carbonyl (C=O) groups excluding carboxylic acids is 2. The third kappa shape index (κ3) is 4.98. The van der Waals surface area contributed by atoms with Crippen LogP contribution in [-0.2, 0) is 9.59 Å². The molecule has 0 fully saturated rings. The van der Waals surface area contributed by atoms with Crippen molar-refractivity contribution in [2.45, 2.75) is 26.3 Å². The monoisotopic (exact) mass is 229 g/mol. The van der Waals surface area contributed by atoms with Crippen LogP contribution in [0.1, 0.15) is 26.3 Å². The Hall–Kier alpha value is -2.08. The van der Waals surface area contributed by atoms with Crippen LogP contribution in [0, 0.1) is 11.8 Å². The number of amides is 1. The summed E-state index contributed by atoms with van der Waals surface area (Å²) in [6.07, 6.45) is 0. The minimum absolute atomic E-state index is 0.429. The van der Waals surface area contributed by atoms with E-state index in [4.69, 9.17) is 0 Å². The number of benzene rings is 1. The van der Waals surface area contributed by atoms with Gasteiger partial charge in [-0.25, -0.2) is 0 Å². The second-order valence-corrected chi connectivity index (χ2v) is 4.65. The molecule has 0 bridgehead atoms. The molecule has 1 amide bonds. The van der Waals surface area contributed by atoms with E-state index in [1.807, 2.05) is 39.0 Å². The van der Waals surface area contributed by atoms with Gasteiger partial charge in [-0.2, -0.15) is 0 Å². The second kappa shape index (κ2) is 5.31. The van der Waals surface area contributed by atoms with Gasteiger partial charge in [0.15, 0.2) is 0 Å². The highest BCUT2D eigenvalue weighted by atomic mass is 16.2. The van der Waals surface area contributed by atoms with Crippen molar-refractivity contribution in [3.05, 3.63) is 35.9 Å². The summed E-state index contributed by atoms with van der Waals surface area (Å²) in [7, 11) is 0. The van der Waals surface area contributed by atoms with Gasteiger partial charge in [0.2, 0.25) is 0 Å². The van der Waals surface area contributed by atoms with E-state index >= 15 is 0 Å². The van der Waals surface area contributed by atoms with E-state index in [0.29, 0.717) is 5.56 Å². The molecule has 0 atom stereocenters. The van der Waals surface area contributed by atoms with Gasteiger partial charge in [0.1, 0.15) is 0 Å². The van der Waals surface area contributed by atoms with Crippen molar-refractivity contribution in [1.82, 2.24) is 5.32 Å². The Kier molecular flexibility index (Phi) is 4.06. The molecule has 1 aromatic carbocycles. The number of hydrogen-bond donors (Lipinski definition) is 1. The van der Waals surface area contributed by atoms with Crippen molar-refractivity contribution in [2.24, 2.45) is 0 Å². The van der Waals surface area contributed by atoms with Crippen LogP contribution in [0.5, 0.6) is 0 Å². The van der Waals surface area contributed by atoms with Gasteiger partial charge in [-0.1, -0.05) is 24.1 Å². The largest absolute Gasteiger partial charge is 0.344 e. The van der Waals surface area contributed by atoms with E-state index in [9.17, 15) is 9.59 Å². The van der Waals surface area contributed by atoms with Crippen molar-refractivity contribution in [1.29, 1.82) is 0 Å². The summed E-state index contributed by atoms with van der Waals surface area (Å²) < 4.78 is 0. The average Bonchev–Trinajstić information content (AvgIpc) is 2.25. The minimum Gasteiger partial charge on any atom is -0.344 e. The summed E-state index contributed by atoms with van der Waals surface area (Å²) >= 11 is 0. The lowest BCUT2D eigenvalue weighted by molar-refractivity contribution is -0.135. The predicted octanol–water partition coefficient (Wildman–Crippen LogP) is 1.52. The molecule has 17 heavy (non-hydrogen) atoms. The molecule has 3 heteroatoms. The van der Waals surface area contributed by atoms with Crippen LogP contribution in [0.3, 0.4) is 0 Å². The molecule has 1 rings (SSSR count). The molecule has 0 saturated carbocycles. The first-order valence-corrected chi connectivity index (χ1v) is 5.32. The molecule has 0 aromatic heterocycles. The predicted molar refractivity (Wildman–Crippen MR) is 66.2 cm³/mol. The van der Waals surface area contributed by atoms with E-state index in [-0.39, 0.29) is 0 Å². The molecular weight excluding hydrogens is 214 g/mol. The van der Waals surface area contributed by atoms with E-state index in [2.05, 4.69) is 17.2 Å². The molecular formula is C14H15NO2. The zero-order chi connectivity index (χ0) is 12.9. The second-order valence-electron chi connectivity index (χ2n) is 4.65. The van der Waals surface area contributed by atoms with Crippen LogP contribution in [0.2, 0.25) is 0 Å². The number of carbonyl (C=O) groups is 2. The summed E-state index contributed by atoms with van der Waals surface area (Å²) in [6, 6.07) is 9.07. The normalized spacial score (nSPS) is 10.1. The number of Topliss-reactive ketones (excluding diaryl/α,β-unsaturated/α-hetero) is 1. The summed E-state index contributed by atoms with van der Waals surface area (Å²) in [5, 5.41) is 2.56. The molecule has 0 spiro atoms. The van der Waals surface area contributed by atoms with Crippen LogP contribution in [0.15, 0.2) is 30.3 Å². The fraction of sp³-hybridized carbons (Fsp3) is 0.286. The Labute approximate surface area is 101 Å². The zero-order valence-corrected chi connectivity index (χ0v) is 10.2. The quantitative estimate of drug-likeness (QED) is 0.586. The van der Waals surface area contributed by atoms with Gasteiger partial charge in [-0.05, 0) is 38.8 Å². The van der Waals surface area contributed by atoms with Crippen molar-refractivity contribution >= 4 is 11.7 Å². The Morgan fingerprint density at radius 3 is 2.24 bits per heavy atom. The number of hydrogen-bond acceptors (Lipinski definition) is 2. The van der Waals surface area contributed by atoms with E-state index in [1.165, 1.54) is 0 Å². The molecule has 1 aromatic rings. The summed E-state index contributed by atoms with van der Waals surface area (Å²) in [4.78, 5) is 22.8. The average molecular weight is 229 g/mol. The molecule has 3 nitrogen and oxygen atoms in total. The Balaban J connectivity index is 2.68. The maximum atomic E-state index is 11.4. The molecule has 88 valence electrons. The molecule has 0 unspecified atom stereocenters. The first kappa shape index (κ1) is 13.0. The highest BCUT2D eigenvalue weighted by Gasteiger charge is 2.18. The molecule has 0 heterocycles. The Morgan fingerprint density at radius 1 is 1.12 bits per heavy atom. The van der Waals surface area contributed by atoms with Crippen molar-refractivity contribution in [3.8, 4) is 11.8 Å². The molecule has 0 aliphatic heterocycles. The van der Waals surface area contributed by atoms with E-state index in [1.54, 1.807) is 12.1 Å². The fourth-order valence-electron chi connectivity index (χ4n) is 1.10. The minimum atomic E-state index is -0.719. The standard InChI is InChI=1S/C14H15NO2/c1-14(2,3)15-13(17)12(16)10-9-11-7-5-4-6-8-11/h4-8H,1-3H3,(H,15,17). The smallest absolute Gasteiger partial charge is 0.301 e. The summed E-state index contributed by atoms with van der Waals surface area (Å²) in [6.45, 7) is 5.43. The highest BCUT2D eigenvalue weighted by molar-refractivity contribution is 6.43.